The summed E-state index contributed by atoms with van der Waals surface area (Å²) in [5.74, 6) is 1.63. The Labute approximate surface area is 205 Å². The van der Waals surface area contributed by atoms with Crippen LogP contribution < -0.4 is 24.4 Å². The zero-order valence-electron chi connectivity index (χ0n) is 19.7. The summed E-state index contributed by atoms with van der Waals surface area (Å²) < 4.78 is 56.2. The third kappa shape index (κ3) is 4.38. The normalized spacial score (nSPS) is 19.9. The third-order valence-electron chi connectivity index (χ3n) is 7.18. The van der Waals surface area contributed by atoms with Crippen LogP contribution in [0.25, 0.3) is 17.0 Å². The Morgan fingerprint density at radius 2 is 1.81 bits per heavy atom. The lowest BCUT2D eigenvalue weighted by Crippen LogP contribution is -2.49. The van der Waals surface area contributed by atoms with Gasteiger partial charge in [-0.15, -0.1) is 28.5 Å². The smallest absolute Gasteiger partial charge is 0.486 e. The van der Waals surface area contributed by atoms with Crippen LogP contribution in [0.4, 0.5) is 19.0 Å². The Morgan fingerprint density at radius 3 is 2.61 bits per heavy atom. The molecule has 2 fully saturated rings. The second-order valence-corrected chi connectivity index (χ2v) is 9.64. The molecule has 0 atom stereocenters. The number of nitrogens with zero attached hydrogens (tertiary/aromatic N) is 5. The Bertz CT molecular complexity index is 1250. The number of halogens is 3. The van der Waals surface area contributed by atoms with Crippen molar-refractivity contribution in [3.05, 3.63) is 24.3 Å². The highest BCUT2D eigenvalue weighted by Crippen LogP contribution is 2.45. The van der Waals surface area contributed by atoms with Gasteiger partial charge >= 0.3 is 6.36 Å². The standard InChI is InChI=1S/C24H27F3N6O3/c25-24(26,27)36-17-5-1-4-16(14-17)20-29-30-21-18-19(35-13-3-12-34-18)22(31-33(20)21)32-11-2-6-23(15-32)7-9-28-10-8-23/h1,4-5,14,28H,2-3,6-13,15H2. The molecule has 3 aromatic rings. The Kier molecular flexibility index (Phi) is 5.78. The molecule has 0 aliphatic carbocycles. The van der Waals surface area contributed by atoms with Crippen molar-refractivity contribution in [3.63, 3.8) is 0 Å². The largest absolute Gasteiger partial charge is 0.573 e. The molecule has 2 aromatic heterocycles. The van der Waals surface area contributed by atoms with Crippen LogP contribution in [0.5, 0.6) is 17.2 Å². The van der Waals surface area contributed by atoms with Crippen molar-refractivity contribution in [2.75, 3.05) is 44.3 Å². The molecular weight excluding hydrogens is 477 g/mol. The number of anilines is 1. The number of hydrogen-bond acceptors (Lipinski definition) is 8. The predicted octanol–water partition coefficient (Wildman–Crippen LogP) is 3.82. The van der Waals surface area contributed by atoms with E-state index in [-0.39, 0.29) is 11.2 Å². The summed E-state index contributed by atoms with van der Waals surface area (Å²) in [6.45, 7) is 4.65. The summed E-state index contributed by atoms with van der Waals surface area (Å²) in [6.07, 6.45) is 0.356. The van der Waals surface area contributed by atoms with E-state index < -0.39 is 6.36 Å². The maximum atomic E-state index is 12.8. The van der Waals surface area contributed by atoms with Crippen LogP contribution in [0.3, 0.4) is 0 Å². The highest BCUT2D eigenvalue weighted by Gasteiger charge is 2.39. The molecule has 6 rings (SSSR count). The molecular formula is C24H27F3N6O3. The summed E-state index contributed by atoms with van der Waals surface area (Å²) in [5, 5.41) is 16.9. The molecule has 3 aliphatic rings. The van der Waals surface area contributed by atoms with Crippen LogP contribution in [0.2, 0.25) is 0 Å². The number of benzene rings is 1. The van der Waals surface area contributed by atoms with Crippen LogP contribution >= 0.6 is 0 Å². The fraction of sp³-hybridized carbons (Fsp3) is 0.542. The van der Waals surface area contributed by atoms with Gasteiger partial charge in [0.1, 0.15) is 5.75 Å². The van der Waals surface area contributed by atoms with Crippen LogP contribution in [-0.4, -0.2) is 65.6 Å². The lowest BCUT2D eigenvalue weighted by atomic mass is 9.73. The fourth-order valence-electron chi connectivity index (χ4n) is 5.50. The predicted molar refractivity (Wildman–Crippen MR) is 124 cm³/mol. The molecule has 1 spiro atoms. The molecule has 12 heteroatoms. The van der Waals surface area contributed by atoms with Gasteiger partial charge in [0.15, 0.2) is 11.6 Å². The van der Waals surface area contributed by atoms with E-state index in [2.05, 4.69) is 25.2 Å². The Morgan fingerprint density at radius 1 is 1.00 bits per heavy atom. The van der Waals surface area contributed by atoms with Crippen molar-refractivity contribution in [3.8, 4) is 28.6 Å². The summed E-state index contributed by atoms with van der Waals surface area (Å²) >= 11 is 0. The van der Waals surface area contributed by atoms with Gasteiger partial charge in [0.25, 0.3) is 0 Å². The number of rotatable bonds is 3. The summed E-state index contributed by atoms with van der Waals surface area (Å²) in [6, 6.07) is 5.65. The minimum absolute atomic E-state index is 0.220. The molecule has 0 unspecified atom stereocenters. The second-order valence-electron chi connectivity index (χ2n) is 9.64. The molecule has 1 N–H and O–H groups in total. The van der Waals surface area contributed by atoms with Crippen molar-refractivity contribution >= 4 is 11.5 Å². The van der Waals surface area contributed by atoms with Crippen LogP contribution in [0.15, 0.2) is 24.3 Å². The minimum Gasteiger partial charge on any atom is -0.486 e. The van der Waals surface area contributed by atoms with E-state index in [1.54, 1.807) is 10.6 Å². The maximum absolute atomic E-state index is 12.8. The van der Waals surface area contributed by atoms with E-state index >= 15 is 0 Å². The number of alkyl halides is 3. The average Bonchev–Trinajstić information content (AvgIpc) is 3.12. The van der Waals surface area contributed by atoms with E-state index in [1.165, 1.54) is 24.6 Å². The molecule has 0 radical (unpaired) electrons. The van der Waals surface area contributed by atoms with Crippen molar-refractivity contribution in [2.24, 2.45) is 5.41 Å². The zero-order chi connectivity index (χ0) is 24.8. The summed E-state index contributed by atoms with van der Waals surface area (Å²) in [4.78, 5) is 2.26. The second kappa shape index (κ2) is 8.99. The number of aromatic nitrogens is 4. The average molecular weight is 505 g/mol. The number of hydrogen-bond donors (Lipinski definition) is 1. The first-order valence-corrected chi connectivity index (χ1v) is 12.3. The highest BCUT2D eigenvalue weighted by atomic mass is 19.4. The van der Waals surface area contributed by atoms with E-state index in [0.29, 0.717) is 54.0 Å². The van der Waals surface area contributed by atoms with Crippen molar-refractivity contribution < 1.29 is 27.4 Å². The van der Waals surface area contributed by atoms with Gasteiger partial charge in [-0.3, -0.25) is 0 Å². The Hall–Kier alpha value is -3.28. The Balaban J connectivity index is 1.45. The van der Waals surface area contributed by atoms with Crippen molar-refractivity contribution in [1.29, 1.82) is 0 Å². The zero-order valence-corrected chi connectivity index (χ0v) is 19.7. The monoisotopic (exact) mass is 504 g/mol. The highest BCUT2D eigenvalue weighted by molar-refractivity contribution is 5.73. The van der Waals surface area contributed by atoms with Gasteiger partial charge in [-0.2, -0.15) is 4.52 Å². The number of piperidine rings is 2. The lowest BCUT2D eigenvalue weighted by Gasteiger charge is -2.46. The van der Waals surface area contributed by atoms with Crippen LogP contribution in [0, 0.1) is 5.41 Å². The van der Waals surface area contributed by atoms with Crippen LogP contribution in [-0.2, 0) is 0 Å². The summed E-state index contributed by atoms with van der Waals surface area (Å²) in [5.41, 5.74) is 0.977. The molecule has 3 aliphatic heterocycles. The molecule has 9 nitrogen and oxygen atoms in total. The lowest BCUT2D eigenvalue weighted by molar-refractivity contribution is -0.274. The molecule has 36 heavy (non-hydrogen) atoms. The van der Waals surface area contributed by atoms with Gasteiger partial charge in [-0.05, 0) is 56.3 Å². The van der Waals surface area contributed by atoms with Gasteiger partial charge in [-0.1, -0.05) is 12.1 Å². The third-order valence-corrected chi connectivity index (χ3v) is 7.18. The topological polar surface area (TPSA) is 86.0 Å². The molecule has 5 heterocycles. The quantitative estimate of drug-likeness (QED) is 0.576. The van der Waals surface area contributed by atoms with E-state index in [1.807, 2.05) is 0 Å². The number of nitrogens with one attached hydrogen (secondary N) is 1. The van der Waals surface area contributed by atoms with Gasteiger partial charge < -0.3 is 24.4 Å². The van der Waals surface area contributed by atoms with E-state index in [0.717, 1.165) is 45.4 Å². The van der Waals surface area contributed by atoms with Crippen LogP contribution in [0.1, 0.15) is 32.1 Å². The minimum atomic E-state index is -4.79. The van der Waals surface area contributed by atoms with Crippen molar-refractivity contribution in [1.82, 2.24) is 25.1 Å². The first kappa shape index (κ1) is 23.1. The molecule has 1 aromatic carbocycles. The van der Waals surface area contributed by atoms with Gasteiger partial charge in [0.2, 0.25) is 17.1 Å². The SMILES string of the molecule is FC(F)(F)Oc1cccc(-c2nnc3c4c(c(N5CCCC6(CCNCC6)C5)nn23)OCCCO4)c1. The fourth-order valence-corrected chi connectivity index (χ4v) is 5.50. The van der Waals surface area contributed by atoms with Gasteiger partial charge in [-0.25, -0.2) is 0 Å². The summed E-state index contributed by atoms with van der Waals surface area (Å²) in [7, 11) is 0. The van der Waals surface area contributed by atoms with Gasteiger partial charge in [0, 0.05) is 25.1 Å². The van der Waals surface area contributed by atoms with E-state index in [4.69, 9.17) is 14.6 Å². The van der Waals surface area contributed by atoms with Gasteiger partial charge in [0.05, 0.1) is 13.2 Å². The molecule has 0 bridgehead atoms. The molecule has 0 amide bonds. The van der Waals surface area contributed by atoms with E-state index in [9.17, 15) is 13.2 Å². The molecule has 2 saturated heterocycles. The number of fused-ring (bicyclic) bond motifs is 3. The molecule has 192 valence electrons. The maximum Gasteiger partial charge on any atom is 0.573 e. The number of ether oxygens (including phenoxy) is 3. The van der Waals surface area contributed by atoms with Crippen molar-refractivity contribution in [2.45, 2.75) is 38.5 Å². The first-order valence-electron chi connectivity index (χ1n) is 12.3. The first-order chi connectivity index (χ1) is 17.4. The molecule has 0 saturated carbocycles.